The van der Waals surface area contributed by atoms with Crippen LogP contribution in [0.15, 0.2) is 0 Å². The Morgan fingerprint density at radius 2 is 1.80 bits per heavy atom. The third-order valence-corrected chi connectivity index (χ3v) is 5.95. The number of rotatable bonds is 6. The monoisotopic (exact) mass is 279 g/mol. The molecule has 1 atom stereocenters. The summed E-state index contributed by atoms with van der Waals surface area (Å²) >= 11 is 0. The molecule has 0 spiro atoms. The van der Waals surface area contributed by atoms with Crippen LogP contribution in [-0.2, 0) is 0 Å². The molecule has 3 nitrogen and oxygen atoms in total. The Labute approximate surface area is 125 Å². The van der Waals surface area contributed by atoms with E-state index in [1.54, 1.807) is 0 Å². The van der Waals surface area contributed by atoms with Crippen molar-refractivity contribution in [3.63, 3.8) is 0 Å². The fourth-order valence-electron chi connectivity index (χ4n) is 4.52. The fraction of sp³-hybridized carbons (Fsp3) is 1.00. The predicted molar refractivity (Wildman–Crippen MR) is 85.1 cm³/mol. The molecule has 0 radical (unpaired) electrons. The minimum absolute atomic E-state index is 0.789. The van der Waals surface area contributed by atoms with Crippen molar-refractivity contribution in [2.45, 2.75) is 63.5 Å². The minimum atomic E-state index is 0.789. The first-order valence-corrected chi connectivity index (χ1v) is 8.99. The second-order valence-corrected chi connectivity index (χ2v) is 7.32. The molecule has 1 aliphatic carbocycles. The molecule has 3 heterocycles. The number of nitrogens with one attached hydrogen (secondary N) is 1. The SMILES string of the molecule is CN(CCCNC1CN2CCC1CC2)C1CCCCC1. The van der Waals surface area contributed by atoms with Crippen LogP contribution in [0.4, 0.5) is 0 Å². The zero-order chi connectivity index (χ0) is 13.8. The molecule has 3 aliphatic heterocycles. The first-order valence-electron chi connectivity index (χ1n) is 8.99. The van der Waals surface area contributed by atoms with E-state index in [9.17, 15) is 0 Å². The summed E-state index contributed by atoms with van der Waals surface area (Å²) in [4.78, 5) is 5.27. The molecule has 4 fully saturated rings. The largest absolute Gasteiger partial charge is 0.312 e. The van der Waals surface area contributed by atoms with E-state index in [1.807, 2.05) is 0 Å². The van der Waals surface area contributed by atoms with Crippen LogP contribution in [0.1, 0.15) is 51.4 Å². The van der Waals surface area contributed by atoms with E-state index < -0.39 is 0 Å². The van der Waals surface area contributed by atoms with E-state index in [2.05, 4.69) is 22.2 Å². The van der Waals surface area contributed by atoms with Crippen LogP contribution in [0.25, 0.3) is 0 Å². The maximum Gasteiger partial charge on any atom is 0.0224 e. The van der Waals surface area contributed by atoms with Gasteiger partial charge in [-0.3, -0.25) is 0 Å². The number of nitrogens with zero attached hydrogens (tertiary/aromatic N) is 2. The maximum absolute atomic E-state index is 3.84. The molecule has 1 N–H and O–H groups in total. The summed E-state index contributed by atoms with van der Waals surface area (Å²) in [6, 6.07) is 1.66. The summed E-state index contributed by atoms with van der Waals surface area (Å²) in [6.07, 6.45) is 11.4. The summed E-state index contributed by atoms with van der Waals surface area (Å²) in [5, 5.41) is 3.84. The van der Waals surface area contributed by atoms with Gasteiger partial charge in [-0.05, 0) is 71.2 Å². The molecule has 1 unspecified atom stereocenters. The lowest BCUT2D eigenvalue weighted by Gasteiger charge is -2.45. The van der Waals surface area contributed by atoms with E-state index in [4.69, 9.17) is 0 Å². The van der Waals surface area contributed by atoms with Crippen LogP contribution < -0.4 is 5.32 Å². The highest BCUT2D eigenvalue weighted by atomic mass is 15.2. The number of fused-ring (bicyclic) bond motifs is 3. The Balaban J connectivity index is 1.30. The molecule has 1 saturated carbocycles. The van der Waals surface area contributed by atoms with Gasteiger partial charge in [-0.1, -0.05) is 19.3 Å². The first kappa shape index (κ1) is 14.8. The number of hydrogen-bond acceptors (Lipinski definition) is 3. The van der Waals surface area contributed by atoms with E-state index >= 15 is 0 Å². The van der Waals surface area contributed by atoms with Crippen molar-refractivity contribution < 1.29 is 0 Å². The predicted octanol–water partition coefficient (Wildman–Crippen LogP) is 2.32. The highest BCUT2D eigenvalue weighted by Crippen LogP contribution is 2.27. The molecule has 4 aliphatic rings. The van der Waals surface area contributed by atoms with Crippen molar-refractivity contribution in [1.29, 1.82) is 0 Å². The average molecular weight is 279 g/mol. The summed E-state index contributed by atoms with van der Waals surface area (Å²) in [5.74, 6) is 0.969. The van der Waals surface area contributed by atoms with Gasteiger partial charge in [0.1, 0.15) is 0 Å². The van der Waals surface area contributed by atoms with Crippen molar-refractivity contribution in [1.82, 2.24) is 15.1 Å². The van der Waals surface area contributed by atoms with Gasteiger partial charge in [-0.15, -0.1) is 0 Å². The third kappa shape index (κ3) is 3.75. The van der Waals surface area contributed by atoms with Crippen LogP contribution in [0.5, 0.6) is 0 Å². The third-order valence-electron chi connectivity index (χ3n) is 5.95. The molecule has 2 bridgehead atoms. The molecule has 4 rings (SSSR count). The first-order chi connectivity index (χ1) is 9.83. The summed E-state index contributed by atoms with van der Waals surface area (Å²) in [6.45, 7) is 6.51. The van der Waals surface area contributed by atoms with E-state index in [0.717, 1.165) is 18.0 Å². The molecule has 0 amide bonds. The Morgan fingerprint density at radius 3 is 2.45 bits per heavy atom. The second kappa shape index (κ2) is 7.24. The molecule has 20 heavy (non-hydrogen) atoms. The van der Waals surface area contributed by atoms with Gasteiger partial charge in [-0.25, -0.2) is 0 Å². The van der Waals surface area contributed by atoms with Crippen molar-refractivity contribution in [2.24, 2.45) is 5.92 Å². The van der Waals surface area contributed by atoms with E-state index in [-0.39, 0.29) is 0 Å². The lowest BCUT2D eigenvalue weighted by molar-refractivity contribution is 0.0721. The Kier molecular flexibility index (Phi) is 5.36. The van der Waals surface area contributed by atoms with Crippen LogP contribution in [-0.4, -0.2) is 61.7 Å². The molecule has 0 aromatic rings. The van der Waals surface area contributed by atoms with E-state index in [1.165, 1.54) is 84.1 Å². The zero-order valence-corrected chi connectivity index (χ0v) is 13.3. The van der Waals surface area contributed by atoms with Gasteiger partial charge in [0, 0.05) is 18.6 Å². The number of piperidine rings is 3. The van der Waals surface area contributed by atoms with Crippen molar-refractivity contribution >= 4 is 0 Å². The maximum atomic E-state index is 3.84. The van der Waals surface area contributed by atoms with Crippen molar-refractivity contribution in [3.05, 3.63) is 0 Å². The standard InChI is InChI=1S/C17H33N3/c1-19(16-6-3-2-4-7-16)11-5-10-18-17-14-20-12-8-15(17)9-13-20/h15-18H,2-14H2,1H3. The lowest BCUT2D eigenvalue weighted by atomic mass is 9.84. The van der Waals surface area contributed by atoms with Crippen molar-refractivity contribution in [3.8, 4) is 0 Å². The van der Waals surface area contributed by atoms with Crippen LogP contribution in [0, 0.1) is 5.92 Å². The van der Waals surface area contributed by atoms with E-state index in [0.29, 0.717) is 0 Å². The lowest BCUT2D eigenvalue weighted by Crippen LogP contribution is -2.56. The molecule has 3 saturated heterocycles. The fourth-order valence-corrected chi connectivity index (χ4v) is 4.52. The highest BCUT2D eigenvalue weighted by Gasteiger charge is 2.33. The normalized spacial score (nSPS) is 34.8. The van der Waals surface area contributed by atoms with Crippen LogP contribution >= 0.6 is 0 Å². The second-order valence-electron chi connectivity index (χ2n) is 7.32. The van der Waals surface area contributed by atoms with Crippen LogP contribution in [0.3, 0.4) is 0 Å². The van der Waals surface area contributed by atoms with Gasteiger partial charge in [0.2, 0.25) is 0 Å². The van der Waals surface area contributed by atoms with Crippen molar-refractivity contribution in [2.75, 3.05) is 39.8 Å². The van der Waals surface area contributed by atoms with Gasteiger partial charge in [0.05, 0.1) is 0 Å². The minimum Gasteiger partial charge on any atom is -0.312 e. The van der Waals surface area contributed by atoms with Gasteiger partial charge in [0.15, 0.2) is 0 Å². The Hall–Kier alpha value is -0.120. The van der Waals surface area contributed by atoms with Gasteiger partial charge >= 0.3 is 0 Å². The quantitative estimate of drug-likeness (QED) is 0.753. The van der Waals surface area contributed by atoms with Gasteiger partial charge in [-0.2, -0.15) is 0 Å². The molecule has 0 aromatic carbocycles. The van der Waals surface area contributed by atoms with Gasteiger partial charge in [0.25, 0.3) is 0 Å². The molecular weight excluding hydrogens is 246 g/mol. The highest BCUT2D eigenvalue weighted by molar-refractivity contribution is 4.90. The Morgan fingerprint density at radius 1 is 1.05 bits per heavy atom. The number of hydrogen-bond donors (Lipinski definition) is 1. The summed E-state index contributed by atoms with van der Waals surface area (Å²) in [7, 11) is 2.34. The smallest absolute Gasteiger partial charge is 0.0224 e. The average Bonchev–Trinajstić information content (AvgIpc) is 2.53. The molecular formula is C17H33N3. The molecule has 3 heteroatoms. The Bertz CT molecular complexity index is 280. The molecule has 116 valence electrons. The summed E-state index contributed by atoms with van der Waals surface area (Å²) < 4.78 is 0. The molecule has 0 aromatic heterocycles. The zero-order valence-electron chi connectivity index (χ0n) is 13.3. The topological polar surface area (TPSA) is 18.5 Å². The van der Waals surface area contributed by atoms with Gasteiger partial charge < -0.3 is 15.1 Å². The summed E-state index contributed by atoms with van der Waals surface area (Å²) in [5.41, 5.74) is 0. The van der Waals surface area contributed by atoms with Crippen LogP contribution in [0.2, 0.25) is 0 Å².